The minimum atomic E-state index is 0.216. The Kier molecular flexibility index (Phi) is 4.81. The van der Waals surface area contributed by atoms with Crippen LogP contribution >= 0.6 is 0 Å². The van der Waals surface area contributed by atoms with Gasteiger partial charge < -0.3 is 10.5 Å². The number of nitriles is 1. The molecule has 2 unspecified atom stereocenters. The lowest BCUT2D eigenvalue weighted by molar-refractivity contribution is 0.0792. The van der Waals surface area contributed by atoms with Gasteiger partial charge in [0.1, 0.15) is 6.61 Å². The molecule has 1 fully saturated rings. The van der Waals surface area contributed by atoms with E-state index in [1.165, 1.54) is 25.7 Å². The van der Waals surface area contributed by atoms with Crippen LogP contribution in [0.3, 0.4) is 0 Å². The molecule has 2 N–H and O–H groups in total. The van der Waals surface area contributed by atoms with Gasteiger partial charge in [-0.3, -0.25) is 0 Å². The van der Waals surface area contributed by atoms with Gasteiger partial charge >= 0.3 is 0 Å². The molecule has 74 valence electrons. The van der Waals surface area contributed by atoms with E-state index in [4.69, 9.17) is 15.7 Å². The molecule has 0 aliphatic heterocycles. The summed E-state index contributed by atoms with van der Waals surface area (Å²) in [5.74, 6) is 1.21. The van der Waals surface area contributed by atoms with Crippen molar-refractivity contribution >= 4 is 0 Å². The second-order valence-electron chi connectivity index (χ2n) is 3.71. The first-order valence-corrected chi connectivity index (χ1v) is 5.03. The van der Waals surface area contributed by atoms with Crippen LogP contribution in [-0.2, 0) is 4.74 Å². The summed E-state index contributed by atoms with van der Waals surface area (Å²) < 4.78 is 5.24. The molecule has 1 saturated carbocycles. The van der Waals surface area contributed by atoms with Crippen LogP contribution < -0.4 is 5.73 Å². The van der Waals surface area contributed by atoms with E-state index in [0.717, 1.165) is 13.2 Å². The first kappa shape index (κ1) is 10.5. The SMILES string of the molecule is N#CCOCC1CCCCC1CN. The predicted molar refractivity (Wildman–Crippen MR) is 50.9 cm³/mol. The highest BCUT2D eigenvalue weighted by molar-refractivity contribution is 4.76. The topological polar surface area (TPSA) is 59.0 Å². The molecular formula is C10H18N2O. The van der Waals surface area contributed by atoms with Gasteiger partial charge in [0, 0.05) is 0 Å². The summed E-state index contributed by atoms with van der Waals surface area (Å²) >= 11 is 0. The average Bonchev–Trinajstić information content (AvgIpc) is 2.19. The minimum absolute atomic E-state index is 0.216. The number of nitrogens with zero attached hydrogens (tertiary/aromatic N) is 1. The van der Waals surface area contributed by atoms with Crippen molar-refractivity contribution in [3.05, 3.63) is 0 Å². The summed E-state index contributed by atoms with van der Waals surface area (Å²) in [7, 11) is 0. The van der Waals surface area contributed by atoms with Crippen molar-refractivity contribution in [2.45, 2.75) is 25.7 Å². The van der Waals surface area contributed by atoms with E-state index in [1.807, 2.05) is 6.07 Å². The molecule has 1 rings (SSSR count). The summed E-state index contributed by atoms with van der Waals surface area (Å²) in [4.78, 5) is 0. The molecule has 0 bridgehead atoms. The molecule has 0 aromatic rings. The van der Waals surface area contributed by atoms with E-state index < -0.39 is 0 Å². The third kappa shape index (κ3) is 3.33. The Morgan fingerprint density at radius 1 is 1.31 bits per heavy atom. The normalized spacial score (nSPS) is 28.3. The van der Waals surface area contributed by atoms with Gasteiger partial charge in [0.15, 0.2) is 0 Å². The lowest BCUT2D eigenvalue weighted by Crippen LogP contribution is -2.29. The predicted octanol–water partition coefficient (Wildman–Crippen LogP) is 1.29. The van der Waals surface area contributed by atoms with Gasteiger partial charge in [0.25, 0.3) is 0 Å². The first-order valence-electron chi connectivity index (χ1n) is 5.03. The maximum Gasteiger partial charge on any atom is 0.133 e. The van der Waals surface area contributed by atoms with Crippen LogP contribution in [-0.4, -0.2) is 19.8 Å². The molecule has 0 heterocycles. The summed E-state index contributed by atoms with van der Waals surface area (Å²) in [5, 5.41) is 8.32. The molecule has 0 amide bonds. The lowest BCUT2D eigenvalue weighted by atomic mass is 9.80. The van der Waals surface area contributed by atoms with Gasteiger partial charge in [0.2, 0.25) is 0 Å². The standard InChI is InChI=1S/C10H18N2O/c11-5-6-13-8-10-4-2-1-3-9(10)7-12/h9-10H,1-4,6-8,12H2. The van der Waals surface area contributed by atoms with Gasteiger partial charge in [0.05, 0.1) is 12.7 Å². The zero-order valence-corrected chi connectivity index (χ0v) is 8.04. The Labute approximate surface area is 79.9 Å². The molecule has 2 atom stereocenters. The molecule has 0 spiro atoms. The largest absolute Gasteiger partial charge is 0.366 e. The second-order valence-corrected chi connectivity index (χ2v) is 3.71. The minimum Gasteiger partial charge on any atom is -0.366 e. The van der Waals surface area contributed by atoms with E-state index >= 15 is 0 Å². The monoisotopic (exact) mass is 182 g/mol. The highest BCUT2D eigenvalue weighted by Gasteiger charge is 2.23. The van der Waals surface area contributed by atoms with Crippen molar-refractivity contribution < 1.29 is 4.74 Å². The van der Waals surface area contributed by atoms with E-state index in [9.17, 15) is 0 Å². The van der Waals surface area contributed by atoms with Crippen molar-refractivity contribution in [3.63, 3.8) is 0 Å². The highest BCUT2D eigenvalue weighted by atomic mass is 16.5. The first-order chi connectivity index (χ1) is 6.38. The Hall–Kier alpha value is -0.590. The Bertz CT molecular complexity index is 176. The summed E-state index contributed by atoms with van der Waals surface area (Å²) in [5.41, 5.74) is 5.68. The van der Waals surface area contributed by atoms with Crippen LogP contribution in [0.2, 0.25) is 0 Å². The van der Waals surface area contributed by atoms with E-state index in [-0.39, 0.29) is 6.61 Å². The molecule has 3 heteroatoms. The molecule has 0 aromatic heterocycles. The fraction of sp³-hybridized carbons (Fsp3) is 0.900. The molecule has 3 nitrogen and oxygen atoms in total. The van der Waals surface area contributed by atoms with Gasteiger partial charge in [-0.25, -0.2) is 0 Å². The fourth-order valence-corrected chi connectivity index (χ4v) is 2.07. The highest BCUT2D eigenvalue weighted by Crippen LogP contribution is 2.29. The number of ether oxygens (including phenoxy) is 1. The maximum absolute atomic E-state index is 8.32. The van der Waals surface area contributed by atoms with E-state index in [2.05, 4.69) is 0 Å². The van der Waals surface area contributed by atoms with Crippen LogP contribution in [0.4, 0.5) is 0 Å². The molecule has 0 radical (unpaired) electrons. The average molecular weight is 182 g/mol. The van der Waals surface area contributed by atoms with Crippen molar-refractivity contribution in [1.82, 2.24) is 0 Å². The Balaban J connectivity index is 2.24. The molecule has 13 heavy (non-hydrogen) atoms. The van der Waals surface area contributed by atoms with Crippen molar-refractivity contribution in [3.8, 4) is 6.07 Å². The van der Waals surface area contributed by atoms with Crippen LogP contribution in [0.25, 0.3) is 0 Å². The summed E-state index contributed by atoms with van der Waals surface area (Å²) in [6.45, 7) is 1.70. The third-order valence-corrected chi connectivity index (χ3v) is 2.87. The van der Waals surface area contributed by atoms with Gasteiger partial charge in [-0.1, -0.05) is 12.8 Å². The third-order valence-electron chi connectivity index (χ3n) is 2.87. The van der Waals surface area contributed by atoms with Gasteiger partial charge in [-0.2, -0.15) is 5.26 Å². The van der Waals surface area contributed by atoms with E-state index in [0.29, 0.717) is 11.8 Å². The Morgan fingerprint density at radius 3 is 2.62 bits per heavy atom. The Morgan fingerprint density at radius 2 is 2.00 bits per heavy atom. The number of rotatable bonds is 4. The number of hydrogen-bond donors (Lipinski definition) is 1. The zero-order chi connectivity index (χ0) is 9.52. The lowest BCUT2D eigenvalue weighted by Gasteiger charge is -2.29. The zero-order valence-electron chi connectivity index (χ0n) is 8.04. The van der Waals surface area contributed by atoms with Crippen LogP contribution in [0.5, 0.6) is 0 Å². The van der Waals surface area contributed by atoms with Crippen molar-refractivity contribution in [2.75, 3.05) is 19.8 Å². The number of nitrogens with two attached hydrogens (primary N) is 1. The molecule has 1 aliphatic rings. The smallest absolute Gasteiger partial charge is 0.133 e. The quantitative estimate of drug-likeness (QED) is 0.666. The molecule has 0 saturated heterocycles. The second kappa shape index (κ2) is 5.95. The maximum atomic E-state index is 8.32. The molecule has 1 aliphatic carbocycles. The van der Waals surface area contributed by atoms with E-state index in [1.54, 1.807) is 0 Å². The summed E-state index contributed by atoms with van der Waals surface area (Å²) in [6.07, 6.45) is 5.04. The fourth-order valence-electron chi connectivity index (χ4n) is 2.07. The van der Waals surface area contributed by atoms with Crippen molar-refractivity contribution in [1.29, 1.82) is 5.26 Å². The molecular weight excluding hydrogens is 164 g/mol. The van der Waals surface area contributed by atoms with Crippen LogP contribution in [0, 0.1) is 23.2 Å². The van der Waals surface area contributed by atoms with Crippen molar-refractivity contribution in [2.24, 2.45) is 17.6 Å². The van der Waals surface area contributed by atoms with Crippen LogP contribution in [0.15, 0.2) is 0 Å². The van der Waals surface area contributed by atoms with Gasteiger partial charge in [-0.15, -0.1) is 0 Å². The molecule has 0 aromatic carbocycles. The number of hydrogen-bond acceptors (Lipinski definition) is 3. The summed E-state index contributed by atoms with van der Waals surface area (Å²) in [6, 6.07) is 1.99. The van der Waals surface area contributed by atoms with Gasteiger partial charge in [-0.05, 0) is 31.2 Å². The van der Waals surface area contributed by atoms with Crippen LogP contribution in [0.1, 0.15) is 25.7 Å².